The van der Waals surface area contributed by atoms with Gasteiger partial charge in [0.05, 0.1) is 52.6 Å². The Hall–Kier alpha value is -6.66. The van der Waals surface area contributed by atoms with Crippen molar-refractivity contribution in [2.24, 2.45) is 5.41 Å². The summed E-state index contributed by atoms with van der Waals surface area (Å²) in [5.41, 5.74) is -5.61. The van der Waals surface area contributed by atoms with Gasteiger partial charge in [0.15, 0.2) is 10.9 Å². The second-order valence-corrected chi connectivity index (χ2v) is 18.7. The number of amides is 3. The second-order valence-electron chi connectivity index (χ2n) is 18.4. The van der Waals surface area contributed by atoms with Crippen LogP contribution < -0.4 is 25.2 Å². The van der Waals surface area contributed by atoms with E-state index in [0.717, 1.165) is 41.8 Å². The van der Waals surface area contributed by atoms with E-state index in [0.29, 0.717) is 38.6 Å². The summed E-state index contributed by atoms with van der Waals surface area (Å²) in [4.78, 5) is 60.1. The molecule has 2 N–H and O–H groups in total. The fraction of sp³-hybridized carbons (Fsp3) is 0.420. The van der Waals surface area contributed by atoms with Gasteiger partial charge in [0.1, 0.15) is 36.3 Å². The lowest BCUT2D eigenvalue weighted by Crippen LogP contribution is -2.58. The summed E-state index contributed by atoms with van der Waals surface area (Å²) < 4.78 is 111. The van der Waals surface area contributed by atoms with Crippen molar-refractivity contribution in [2.45, 2.75) is 96.8 Å². The second kappa shape index (κ2) is 23.1. The number of pyridine rings is 1. The zero-order valence-electron chi connectivity index (χ0n) is 39.8. The summed E-state index contributed by atoms with van der Waals surface area (Å²) in [6, 6.07) is 16.8. The summed E-state index contributed by atoms with van der Waals surface area (Å²) in [6.45, 7) is 8.43. The van der Waals surface area contributed by atoms with Crippen molar-refractivity contribution in [1.82, 2.24) is 20.5 Å². The van der Waals surface area contributed by atoms with Crippen LogP contribution in [0.4, 0.5) is 42.1 Å². The molecule has 4 aromatic rings. The highest BCUT2D eigenvalue weighted by Gasteiger charge is 2.43. The van der Waals surface area contributed by atoms with Crippen molar-refractivity contribution in [3.63, 3.8) is 0 Å². The Morgan fingerprint density at radius 3 is 2.25 bits per heavy atom. The largest absolute Gasteiger partial charge is 0.493 e. The highest BCUT2D eigenvalue weighted by atomic mass is 32.1. The molecule has 0 spiro atoms. The fourth-order valence-corrected chi connectivity index (χ4v) is 8.23. The van der Waals surface area contributed by atoms with Gasteiger partial charge in [0.25, 0.3) is 0 Å². The van der Waals surface area contributed by atoms with Gasteiger partial charge < -0.3 is 39.6 Å². The maximum atomic E-state index is 15.4. The number of nitrogens with zero attached hydrogens (tertiary/aromatic N) is 5. The maximum Gasteiger partial charge on any atom is 0.420 e. The molecule has 1 unspecified atom stereocenters. The molecule has 1 saturated heterocycles. The summed E-state index contributed by atoms with van der Waals surface area (Å²) in [5.74, 6) is -3.44. The van der Waals surface area contributed by atoms with Gasteiger partial charge in [-0.3, -0.25) is 19.4 Å². The molecule has 1 aromatic heterocycles. The van der Waals surface area contributed by atoms with Gasteiger partial charge in [-0.2, -0.15) is 31.6 Å². The number of benzene rings is 3. The third-order valence-corrected chi connectivity index (χ3v) is 12.0. The number of carbonyl (C=O) groups excluding carboxylic acids is 4. The molecular weight excluding hydrogens is 960 g/mol. The molecule has 0 saturated carbocycles. The number of likely N-dealkylation sites (tertiary alicyclic amines) is 1. The molecule has 71 heavy (non-hydrogen) atoms. The van der Waals surface area contributed by atoms with E-state index in [1.165, 1.54) is 54.1 Å². The van der Waals surface area contributed by atoms with Gasteiger partial charge in [-0.15, -0.1) is 0 Å². The number of hydrogen-bond acceptors (Lipinski definition) is 9. The molecule has 0 bridgehead atoms. The average molecular weight is 1010 g/mol. The van der Waals surface area contributed by atoms with Gasteiger partial charge in [-0.1, -0.05) is 51.1 Å². The molecule has 380 valence electrons. The van der Waals surface area contributed by atoms with Crippen molar-refractivity contribution < 1.29 is 59.4 Å². The molecule has 2 atom stereocenters. The lowest BCUT2D eigenvalue weighted by molar-refractivity contribution is -0.144. The first-order chi connectivity index (χ1) is 33.3. The minimum absolute atomic E-state index is 0.0307. The number of aromatic nitrogens is 1. The molecule has 2 heterocycles. The first kappa shape index (κ1) is 55.3. The molecule has 0 radical (unpaired) electrons. The molecule has 0 aliphatic carbocycles. The van der Waals surface area contributed by atoms with Crippen LogP contribution in [0.1, 0.15) is 82.6 Å². The Labute approximate surface area is 412 Å². The van der Waals surface area contributed by atoms with Crippen LogP contribution >= 0.6 is 12.2 Å². The van der Waals surface area contributed by atoms with Crippen LogP contribution in [-0.4, -0.2) is 90.0 Å². The summed E-state index contributed by atoms with van der Waals surface area (Å²) >= 11 is 5.55. The van der Waals surface area contributed by atoms with Crippen molar-refractivity contribution in [2.75, 3.05) is 43.2 Å². The van der Waals surface area contributed by atoms with Crippen LogP contribution in [0, 0.1) is 22.6 Å². The number of hydrogen-bond donors (Lipinski definition) is 2. The highest BCUT2D eigenvalue weighted by molar-refractivity contribution is 7.80. The predicted octanol–water partition coefficient (Wildman–Crippen LogP) is 9.02. The lowest BCUT2D eigenvalue weighted by atomic mass is 9.85. The topological polar surface area (TPSA) is 157 Å². The quantitative estimate of drug-likeness (QED) is 0.0424. The number of ether oxygens (including phenoxy) is 2. The number of carbonyl (C=O) groups is 4. The number of nitrogens with one attached hydrogen (secondary N) is 2. The van der Waals surface area contributed by atoms with Gasteiger partial charge >= 0.3 is 12.4 Å². The average Bonchev–Trinajstić information content (AvgIpc) is 3.82. The van der Waals surface area contributed by atoms with E-state index >= 15 is 4.39 Å². The number of alkyl halides is 6. The number of aldehydes is 1. The first-order valence-corrected chi connectivity index (χ1v) is 22.8. The van der Waals surface area contributed by atoms with Crippen LogP contribution in [-0.2, 0) is 42.8 Å². The Kier molecular flexibility index (Phi) is 17.9. The van der Waals surface area contributed by atoms with E-state index in [9.17, 15) is 50.8 Å². The number of unbranched alkanes of at least 4 members (excludes halogenated alkanes) is 1. The van der Waals surface area contributed by atoms with Crippen molar-refractivity contribution >= 4 is 52.7 Å². The molecule has 13 nitrogen and oxygen atoms in total. The standard InChI is InChI=1S/C50H54F7N7O6S/c1-47(2,3)43(45(68)63-22-12-15-38(63)44(67)60-27-31-13-8-7-9-14-31)61-40(66)29-69-23-10-11-24-70-39-21-17-32(25-35(39)49(52,53)54)36-19-18-34(28-59-36)64(48(4,5)30-65)46(71)62(6)37-20-16-33(26-58)41(42(37)51)50(55,56)57/h7-9,13-14,16-21,25,28,30,38,43H,10-12,15,22-24,27,29H2,1-6H3,(H,60,67)(H,61,66)/t38-,43?/m0/s1. The molecule has 1 fully saturated rings. The van der Waals surface area contributed by atoms with Crippen molar-refractivity contribution in [3.8, 4) is 23.1 Å². The van der Waals surface area contributed by atoms with Crippen LogP contribution in [0.25, 0.3) is 11.3 Å². The minimum atomic E-state index is -5.22. The zero-order chi connectivity index (χ0) is 52.5. The first-order valence-electron chi connectivity index (χ1n) is 22.4. The predicted molar refractivity (Wildman–Crippen MR) is 254 cm³/mol. The van der Waals surface area contributed by atoms with Crippen LogP contribution in [0.5, 0.6) is 5.75 Å². The van der Waals surface area contributed by atoms with E-state index < -0.39 is 81.8 Å². The van der Waals surface area contributed by atoms with Gasteiger partial charge in [-0.05, 0) is 105 Å². The van der Waals surface area contributed by atoms with Crippen LogP contribution in [0.2, 0.25) is 0 Å². The number of rotatable bonds is 18. The smallest absolute Gasteiger partial charge is 0.420 e. The summed E-state index contributed by atoms with van der Waals surface area (Å²) in [7, 11) is 1.16. The molecule has 3 amide bonds. The Balaban J connectivity index is 1.16. The Bertz CT molecular complexity index is 2600. The summed E-state index contributed by atoms with van der Waals surface area (Å²) in [6.07, 6.45) is -6.74. The van der Waals surface area contributed by atoms with Crippen LogP contribution in [0.15, 0.2) is 79.0 Å². The number of halogens is 7. The molecule has 21 heteroatoms. The van der Waals surface area contributed by atoms with Gasteiger partial charge in [0.2, 0.25) is 17.7 Å². The van der Waals surface area contributed by atoms with E-state index in [-0.39, 0.29) is 53.5 Å². The fourth-order valence-electron chi connectivity index (χ4n) is 7.79. The third kappa shape index (κ3) is 13.8. The minimum Gasteiger partial charge on any atom is -0.493 e. The number of nitriles is 1. The normalized spacial score (nSPS) is 14.5. The maximum absolute atomic E-state index is 15.4. The number of anilines is 2. The number of thiocarbonyl (C=S) groups is 1. The molecule has 5 rings (SSSR count). The monoisotopic (exact) mass is 1010 g/mol. The van der Waals surface area contributed by atoms with Gasteiger partial charge in [0, 0.05) is 32.3 Å². The van der Waals surface area contributed by atoms with E-state index in [2.05, 4.69) is 15.6 Å². The van der Waals surface area contributed by atoms with E-state index in [1.54, 1.807) is 20.8 Å². The lowest BCUT2D eigenvalue weighted by Gasteiger charge is -2.39. The van der Waals surface area contributed by atoms with E-state index in [1.807, 2.05) is 30.3 Å². The highest BCUT2D eigenvalue weighted by Crippen LogP contribution is 2.40. The zero-order valence-corrected chi connectivity index (χ0v) is 40.7. The Morgan fingerprint density at radius 1 is 0.958 bits per heavy atom. The summed E-state index contributed by atoms with van der Waals surface area (Å²) in [5, 5.41) is 14.5. The third-order valence-electron chi connectivity index (χ3n) is 11.6. The molecular formula is C50H54F7N7O6S. The van der Waals surface area contributed by atoms with E-state index in [4.69, 9.17) is 21.7 Å². The van der Waals surface area contributed by atoms with Crippen LogP contribution in [0.3, 0.4) is 0 Å². The van der Waals surface area contributed by atoms with Gasteiger partial charge in [-0.25, -0.2) is 4.39 Å². The van der Waals surface area contributed by atoms with Crippen molar-refractivity contribution in [1.29, 1.82) is 5.26 Å². The molecule has 3 aromatic carbocycles. The SMILES string of the molecule is CN(C(=S)N(c1ccc(-c2ccc(OCCCCOCC(=O)NC(C(=O)N3CCC[C@H]3C(=O)NCc3ccccc3)C(C)(C)C)c(C(F)(F)F)c2)nc1)C(C)(C)C=O)c1ccc(C#N)c(C(F)(F)F)c1F. The van der Waals surface area contributed by atoms with Crippen molar-refractivity contribution in [3.05, 3.63) is 107 Å². The Morgan fingerprint density at radius 2 is 1.65 bits per heavy atom. The molecule has 1 aliphatic rings. The molecule has 1 aliphatic heterocycles.